The first-order valence-corrected chi connectivity index (χ1v) is 9.70. The molecule has 2 aromatic carbocycles. The molecule has 2 aromatic rings. The summed E-state index contributed by atoms with van der Waals surface area (Å²) in [5.41, 5.74) is 3.74. The van der Waals surface area contributed by atoms with Crippen LogP contribution in [0.25, 0.3) is 11.1 Å². The molecule has 1 amide bonds. The Morgan fingerprint density at radius 1 is 0.769 bits per heavy atom. The minimum Gasteiger partial charge on any atom is -0.368 e. The van der Waals surface area contributed by atoms with Gasteiger partial charge in [-0.3, -0.25) is 9.69 Å². The van der Waals surface area contributed by atoms with Gasteiger partial charge in [0.2, 0.25) is 5.91 Å². The van der Waals surface area contributed by atoms with E-state index in [0.717, 1.165) is 39.3 Å². The van der Waals surface area contributed by atoms with Crippen molar-refractivity contribution in [2.24, 2.45) is 0 Å². The molecule has 136 valence electrons. The van der Waals surface area contributed by atoms with Crippen molar-refractivity contribution in [3.05, 3.63) is 54.6 Å². The van der Waals surface area contributed by atoms with Gasteiger partial charge in [-0.1, -0.05) is 42.5 Å². The van der Waals surface area contributed by atoms with Crippen molar-refractivity contribution >= 4 is 11.6 Å². The van der Waals surface area contributed by atoms with Gasteiger partial charge in [-0.25, -0.2) is 0 Å². The van der Waals surface area contributed by atoms with Crippen LogP contribution in [0.15, 0.2) is 54.6 Å². The highest BCUT2D eigenvalue weighted by atomic mass is 16.2. The molecule has 2 aliphatic rings. The third-order valence-corrected chi connectivity index (χ3v) is 5.51. The molecule has 4 rings (SSSR count). The highest BCUT2D eigenvalue weighted by Crippen LogP contribution is 2.25. The molecule has 0 radical (unpaired) electrons. The molecule has 0 aromatic heterocycles. The van der Waals surface area contributed by atoms with Crippen LogP contribution in [-0.4, -0.2) is 61.5 Å². The molecule has 0 bridgehead atoms. The number of hydrogen-bond donors (Lipinski definition) is 0. The Kier molecular flexibility index (Phi) is 5.21. The summed E-state index contributed by atoms with van der Waals surface area (Å²) in [4.78, 5) is 19.2. The van der Waals surface area contributed by atoms with Gasteiger partial charge < -0.3 is 9.80 Å². The molecule has 2 aliphatic heterocycles. The molecular formula is C22H27N3O. The second kappa shape index (κ2) is 7.92. The number of piperazine rings is 1. The van der Waals surface area contributed by atoms with Gasteiger partial charge in [-0.15, -0.1) is 0 Å². The van der Waals surface area contributed by atoms with Gasteiger partial charge in [-0.2, -0.15) is 0 Å². The van der Waals surface area contributed by atoms with Crippen molar-refractivity contribution in [3.8, 4) is 11.1 Å². The minimum absolute atomic E-state index is 0.296. The highest BCUT2D eigenvalue weighted by Gasteiger charge is 2.24. The molecule has 26 heavy (non-hydrogen) atoms. The fourth-order valence-electron chi connectivity index (χ4n) is 3.96. The van der Waals surface area contributed by atoms with E-state index in [4.69, 9.17) is 0 Å². The molecule has 0 spiro atoms. The van der Waals surface area contributed by atoms with Crippen molar-refractivity contribution in [1.82, 2.24) is 9.80 Å². The average molecular weight is 349 g/mol. The zero-order valence-electron chi connectivity index (χ0n) is 15.3. The Morgan fingerprint density at radius 2 is 1.46 bits per heavy atom. The maximum atomic E-state index is 12.5. The van der Waals surface area contributed by atoms with Crippen LogP contribution >= 0.6 is 0 Å². The second-order valence-electron chi connectivity index (χ2n) is 7.27. The molecule has 0 N–H and O–H groups in total. The minimum atomic E-state index is 0.296. The van der Waals surface area contributed by atoms with E-state index in [1.807, 2.05) is 11.0 Å². The molecule has 2 heterocycles. The molecule has 0 unspecified atom stereocenters. The normalized spacial score (nSPS) is 18.3. The maximum Gasteiger partial charge on any atom is 0.236 e. The van der Waals surface area contributed by atoms with E-state index in [1.54, 1.807) is 0 Å². The van der Waals surface area contributed by atoms with Crippen molar-refractivity contribution in [2.45, 2.75) is 12.8 Å². The largest absolute Gasteiger partial charge is 0.368 e. The van der Waals surface area contributed by atoms with E-state index in [-0.39, 0.29) is 0 Å². The Balaban J connectivity index is 1.36. The Hall–Kier alpha value is -2.33. The third kappa shape index (κ3) is 3.91. The lowest BCUT2D eigenvalue weighted by Crippen LogP contribution is -2.51. The number of amides is 1. The first-order valence-electron chi connectivity index (χ1n) is 9.70. The van der Waals surface area contributed by atoms with Gasteiger partial charge in [-0.05, 0) is 49.2 Å². The van der Waals surface area contributed by atoms with Crippen LogP contribution in [0.2, 0.25) is 0 Å². The number of carbonyl (C=O) groups is 1. The monoisotopic (exact) mass is 349 g/mol. The summed E-state index contributed by atoms with van der Waals surface area (Å²) in [6.45, 7) is 6.22. The van der Waals surface area contributed by atoms with Gasteiger partial charge in [0, 0.05) is 31.9 Å². The van der Waals surface area contributed by atoms with Crippen LogP contribution in [0, 0.1) is 0 Å². The molecule has 2 saturated heterocycles. The molecule has 2 fully saturated rings. The zero-order valence-corrected chi connectivity index (χ0v) is 15.3. The summed E-state index contributed by atoms with van der Waals surface area (Å²) in [5, 5.41) is 0. The van der Waals surface area contributed by atoms with Crippen LogP contribution in [0.5, 0.6) is 0 Å². The van der Waals surface area contributed by atoms with Crippen LogP contribution < -0.4 is 4.90 Å². The first-order chi connectivity index (χ1) is 12.8. The Labute approximate surface area is 156 Å². The summed E-state index contributed by atoms with van der Waals surface area (Å²) in [5.74, 6) is 0.296. The van der Waals surface area contributed by atoms with Crippen LogP contribution in [0.1, 0.15) is 12.8 Å². The fraction of sp³-hybridized carbons (Fsp3) is 0.409. The number of rotatable bonds is 4. The quantitative estimate of drug-likeness (QED) is 0.849. The summed E-state index contributed by atoms with van der Waals surface area (Å²) < 4.78 is 0. The number of hydrogen-bond acceptors (Lipinski definition) is 3. The van der Waals surface area contributed by atoms with Gasteiger partial charge in [0.15, 0.2) is 0 Å². The summed E-state index contributed by atoms with van der Waals surface area (Å²) in [6.07, 6.45) is 2.47. The third-order valence-electron chi connectivity index (χ3n) is 5.51. The van der Waals surface area contributed by atoms with Crippen molar-refractivity contribution in [2.75, 3.05) is 50.7 Å². The maximum absolute atomic E-state index is 12.5. The van der Waals surface area contributed by atoms with E-state index in [1.165, 1.54) is 29.7 Å². The number of nitrogens with zero attached hydrogens (tertiary/aromatic N) is 3. The van der Waals surface area contributed by atoms with E-state index < -0.39 is 0 Å². The van der Waals surface area contributed by atoms with Crippen molar-refractivity contribution in [1.29, 1.82) is 0 Å². The van der Waals surface area contributed by atoms with Crippen LogP contribution in [0.4, 0.5) is 5.69 Å². The lowest BCUT2D eigenvalue weighted by atomic mass is 10.0. The van der Waals surface area contributed by atoms with Crippen molar-refractivity contribution in [3.63, 3.8) is 0 Å². The lowest BCUT2D eigenvalue weighted by molar-refractivity contribution is -0.132. The topological polar surface area (TPSA) is 26.8 Å². The highest BCUT2D eigenvalue weighted by molar-refractivity contribution is 5.78. The summed E-state index contributed by atoms with van der Waals surface area (Å²) >= 11 is 0. The molecular weight excluding hydrogens is 322 g/mol. The molecule has 4 nitrogen and oxygen atoms in total. The summed E-state index contributed by atoms with van der Waals surface area (Å²) in [7, 11) is 0. The molecule has 4 heteroatoms. The molecule has 0 saturated carbocycles. The zero-order chi connectivity index (χ0) is 17.8. The van der Waals surface area contributed by atoms with Gasteiger partial charge >= 0.3 is 0 Å². The predicted octanol–water partition coefficient (Wildman–Crippen LogP) is 3.10. The standard InChI is InChI=1S/C22H27N3O/c26-22(18-23-11-4-5-12-23)25-15-13-24(14-16-25)21-10-6-9-20(17-21)19-7-2-1-3-8-19/h1-3,6-10,17H,4-5,11-16,18H2. The number of benzene rings is 2. The summed E-state index contributed by atoms with van der Waals surface area (Å²) in [6, 6.07) is 19.2. The van der Waals surface area contributed by atoms with Crippen LogP contribution in [0.3, 0.4) is 0 Å². The van der Waals surface area contributed by atoms with E-state index in [2.05, 4.69) is 58.3 Å². The molecule has 0 aliphatic carbocycles. The predicted molar refractivity (Wildman–Crippen MR) is 106 cm³/mol. The van der Waals surface area contributed by atoms with E-state index in [0.29, 0.717) is 12.5 Å². The number of carbonyl (C=O) groups excluding carboxylic acids is 1. The smallest absolute Gasteiger partial charge is 0.236 e. The average Bonchev–Trinajstić information content (AvgIpc) is 3.22. The fourth-order valence-corrected chi connectivity index (χ4v) is 3.96. The van der Waals surface area contributed by atoms with Gasteiger partial charge in [0.25, 0.3) is 0 Å². The number of anilines is 1. The Bertz CT molecular complexity index is 732. The van der Waals surface area contributed by atoms with E-state index in [9.17, 15) is 4.79 Å². The Morgan fingerprint density at radius 3 is 2.19 bits per heavy atom. The van der Waals surface area contributed by atoms with Gasteiger partial charge in [0.1, 0.15) is 0 Å². The van der Waals surface area contributed by atoms with E-state index >= 15 is 0 Å². The SMILES string of the molecule is O=C(CN1CCCC1)N1CCN(c2cccc(-c3ccccc3)c2)CC1. The van der Waals surface area contributed by atoms with Crippen molar-refractivity contribution < 1.29 is 4.79 Å². The van der Waals surface area contributed by atoms with Crippen LogP contribution in [-0.2, 0) is 4.79 Å². The second-order valence-corrected chi connectivity index (χ2v) is 7.27. The molecule has 0 atom stereocenters. The van der Waals surface area contributed by atoms with Gasteiger partial charge in [0.05, 0.1) is 6.54 Å². The first kappa shape index (κ1) is 17.1. The number of likely N-dealkylation sites (tertiary alicyclic amines) is 1. The lowest BCUT2D eigenvalue weighted by Gasteiger charge is -2.37.